The molecule has 5 N–H and O–H groups in total. The zero-order valence-electron chi connectivity index (χ0n) is 13.9. The van der Waals surface area contributed by atoms with E-state index in [0.29, 0.717) is 22.7 Å². The van der Waals surface area contributed by atoms with E-state index in [0.717, 1.165) is 0 Å². The molecule has 1 aliphatic heterocycles. The second-order valence-corrected chi connectivity index (χ2v) is 7.14. The lowest BCUT2D eigenvalue weighted by Gasteiger charge is -2.07. The summed E-state index contributed by atoms with van der Waals surface area (Å²) in [5.41, 5.74) is 6.07. The molecule has 10 heteroatoms. The number of hydrogen-bond donors (Lipinski definition) is 4. The molecule has 1 heterocycles. The normalized spacial score (nSPS) is 12.7. The van der Waals surface area contributed by atoms with E-state index in [1.807, 2.05) is 4.72 Å². The summed E-state index contributed by atoms with van der Waals surface area (Å²) in [6.45, 7) is 0.137. The van der Waals surface area contributed by atoms with Gasteiger partial charge in [0, 0.05) is 23.5 Å². The fourth-order valence-electron chi connectivity index (χ4n) is 2.29. The van der Waals surface area contributed by atoms with Gasteiger partial charge in [-0.15, -0.1) is 0 Å². The number of carbonyl (C=O) groups is 1. The number of nitrogens with two attached hydrogens (primary N) is 1. The fourth-order valence-corrected chi connectivity index (χ4v) is 3.20. The minimum absolute atomic E-state index is 0.0383. The van der Waals surface area contributed by atoms with Crippen LogP contribution in [-0.2, 0) is 10.0 Å². The molecule has 0 atom stereocenters. The van der Waals surface area contributed by atoms with Crippen LogP contribution in [0, 0.1) is 5.41 Å². The van der Waals surface area contributed by atoms with E-state index in [-0.39, 0.29) is 17.5 Å². The van der Waals surface area contributed by atoms with Gasteiger partial charge in [-0.25, -0.2) is 13.1 Å². The van der Waals surface area contributed by atoms with Crippen LogP contribution in [0.2, 0.25) is 0 Å². The Morgan fingerprint density at radius 3 is 2.52 bits per heavy atom. The monoisotopic (exact) mass is 388 g/mol. The van der Waals surface area contributed by atoms with Crippen LogP contribution >= 0.6 is 0 Å². The molecule has 2 aromatic rings. The van der Waals surface area contributed by atoms with Gasteiger partial charge in [0.05, 0.1) is 4.90 Å². The molecule has 140 valence electrons. The summed E-state index contributed by atoms with van der Waals surface area (Å²) >= 11 is 0. The molecule has 0 saturated carbocycles. The number of guanidine groups is 1. The van der Waals surface area contributed by atoms with Crippen LogP contribution in [0.5, 0.6) is 11.5 Å². The van der Waals surface area contributed by atoms with Gasteiger partial charge in [0.15, 0.2) is 23.2 Å². The predicted octanol–water partition coefficient (Wildman–Crippen LogP) is 1.40. The lowest BCUT2D eigenvalue weighted by molar-refractivity contribution is 0.104. The molecule has 0 radical (unpaired) electrons. The van der Waals surface area contributed by atoms with Crippen molar-refractivity contribution in [2.45, 2.75) is 4.90 Å². The minimum atomic E-state index is -3.87. The lowest BCUT2D eigenvalue weighted by Crippen LogP contribution is -2.35. The first-order valence-corrected chi connectivity index (χ1v) is 9.17. The highest BCUT2D eigenvalue weighted by atomic mass is 32.2. The molecule has 0 aliphatic carbocycles. The Bertz CT molecular complexity index is 1020. The molecule has 0 amide bonds. The molecule has 0 unspecified atom stereocenters. The molecule has 27 heavy (non-hydrogen) atoms. The van der Waals surface area contributed by atoms with E-state index in [1.54, 1.807) is 18.2 Å². The van der Waals surface area contributed by atoms with Crippen molar-refractivity contribution in [2.75, 3.05) is 12.1 Å². The first-order chi connectivity index (χ1) is 12.8. The van der Waals surface area contributed by atoms with Crippen molar-refractivity contribution >= 4 is 27.5 Å². The predicted molar refractivity (Wildman–Crippen MR) is 98.3 cm³/mol. The van der Waals surface area contributed by atoms with Crippen LogP contribution in [0.3, 0.4) is 0 Å². The fraction of sp³-hybridized carbons (Fsp3) is 0.0588. The molecule has 0 saturated heterocycles. The van der Waals surface area contributed by atoms with E-state index in [1.165, 1.54) is 36.5 Å². The Morgan fingerprint density at radius 2 is 1.81 bits per heavy atom. The quantitative estimate of drug-likeness (QED) is 0.253. The van der Waals surface area contributed by atoms with Crippen LogP contribution in [0.4, 0.5) is 5.69 Å². The van der Waals surface area contributed by atoms with E-state index in [4.69, 9.17) is 20.6 Å². The number of ether oxygens (including phenoxy) is 2. The van der Waals surface area contributed by atoms with Crippen LogP contribution < -0.4 is 25.2 Å². The molecule has 3 rings (SSSR count). The smallest absolute Gasteiger partial charge is 0.264 e. The third-order valence-corrected chi connectivity index (χ3v) is 4.93. The van der Waals surface area contributed by atoms with Crippen molar-refractivity contribution in [3.63, 3.8) is 0 Å². The summed E-state index contributed by atoms with van der Waals surface area (Å²) in [5.74, 6) is 0.231. The second-order valence-electron chi connectivity index (χ2n) is 5.45. The molecular weight excluding hydrogens is 372 g/mol. The molecule has 2 aromatic carbocycles. The number of allylic oxidation sites excluding steroid dienone is 1. The zero-order chi connectivity index (χ0) is 19.4. The third kappa shape index (κ3) is 4.36. The van der Waals surface area contributed by atoms with Gasteiger partial charge in [-0.3, -0.25) is 10.2 Å². The topological polar surface area (TPSA) is 144 Å². The van der Waals surface area contributed by atoms with Gasteiger partial charge in [0.25, 0.3) is 10.0 Å². The molecule has 0 aromatic heterocycles. The number of fused-ring (bicyclic) bond motifs is 1. The maximum Gasteiger partial charge on any atom is 0.264 e. The first-order valence-electron chi connectivity index (χ1n) is 7.69. The van der Waals surface area contributed by atoms with E-state index in [9.17, 15) is 13.2 Å². The number of anilines is 1. The number of ketones is 1. The van der Waals surface area contributed by atoms with Gasteiger partial charge in [-0.05, 0) is 42.5 Å². The molecule has 0 spiro atoms. The molecule has 0 fully saturated rings. The average Bonchev–Trinajstić information content (AvgIpc) is 3.08. The van der Waals surface area contributed by atoms with Gasteiger partial charge >= 0.3 is 0 Å². The Labute approximate surface area is 155 Å². The van der Waals surface area contributed by atoms with Gasteiger partial charge in [-0.1, -0.05) is 0 Å². The highest BCUT2D eigenvalue weighted by Crippen LogP contribution is 2.32. The SMILES string of the molecule is N=C(N)NS(=O)(=O)c1ccc(N/C=C/C(=O)c2ccc3c(c2)OCO3)cc1. The van der Waals surface area contributed by atoms with E-state index in [2.05, 4.69) is 5.32 Å². The van der Waals surface area contributed by atoms with E-state index < -0.39 is 16.0 Å². The van der Waals surface area contributed by atoms with Crippen LogP contribution in [0.15, 0.2) is 59.6 Å². The molecule has 9 nitrogen and oxygen atoms in total. The van der Waals surface area contributed by atoms with Gasteiger partial charge in [0.1, 0.15) is 0 Å². The Hall–Kier alpha value is -3.53. The number of hydrogen-bond acceptors (Lipinski definition) is 7. The third-order valence-electron chi connectivity index (χ3n) is 3.55. The summed E-state index contributed by atoms with van der Waals surface area (Å²) in [7, 11) is -3.87. The van der Waals surface area contributed by atoms with Crippen LogP contribution in [-0.4, -0.2) is 27.0 Å². The standard InChI is InChI=1S/C17H16N4O5S/c18-17(19)21-27(23,24)13-4-2-12(3-5-13)20-8-7-14(22)11-1-6-15-16(9-11)26-10-25-15/h1-9,20H,10H2,(H4,18,19,21)/b8-7+. The molecule has 0 bridgehead atoms. The first kappa shape index (κ1) is 18.3. The Balaban J connectivity index is 1.63. The highest BCUT2D eigenvalue weighted by Gasteiger charge is 2.15. The number of nitrogens with one attached hydrogen (secondary N) is 3. The van der Waals surface area contributed by atoms with Crippen molar-refractivity contribution in [1.29, 1.82) is 5.41 Å². The Kier molecular flexibility index (Phi) is 4.99. The van der Waals surface area contributed by atoms with E-state index >= 15 is 0 Å². The number of rotatable bonds is 6. The van der Waals surface area contributed by atoms with Crippen molar-refractivity contribution < 1.29 is 22.7 Å². The summed E-state index contributed by atoms with van der Waals surface area (Å²) < 4.78 is 36.0. The van der Waals surface area contributed by atoms with Gasteiger partial charge < -0.3 is 20.5 Å². The molecular formula is C17H16N4O5S. The lowest BCUT2D eigenvalue weighted by atomic mass is 10.1. The van der Waals surface area contributed by atoms with Crippen molar-refractivity contribution in [3.05, 3.63) is 60.3 Å². The van der Waals surface area contributed by atoms with Crippen molar-refractivity contribution in [2.24, 2.45) is 5.73 Å². The number of carbonyl (C=O) groups excluding carboxylic acids is 1. The maximum atomic E-state index is 12.2. The molecule has 1 aliphatic rings. The Morgan fingerprint density at radius 1 is 1.11 bits per heavy atom. The van der Waals surface area contributed by atoms with Crippen LogP contribution in [0.25, 0.3) is 0 Å². The zero-order valence-corrected chi connectivity index (χ0v) is 14.7. The highest BCUT2D eigenvalue weighted by molar-refractivity contribution is 7.90. The summed E-state index contributed by atoms with van der Waals surface area (Å²) in [6.07, 6.45) is 2.80. The summed E-state index contributed by atoms with van der Waals surface area (Å²) in [4.78, 5) is 12.1. The average molecular weight is 388 g/mol. The number of benzene rings is 2. The minimum Gasteiger partial charge on any atom is -0.454 e. The summed E-state index contributed by atoms with van der Waals surface area (Å²) in [6, 6.07) is 10.7. The van der Waals surface area contributed by atoms with Crippen molar-refractivity contribution in [3.8, 4) is 11.5 Å². The summed E-state index contributed by atoms with van der Waals surface area (Å²) in [5, 5.41) is 9.88. The van der Waals surface area contributed by atoms with Crippen LogP contribution in [0.1, 0.15) is 10.4 Å². The maximum absolute atomic E-state index is 12.2. The largest absolute Gasteiger partial charge is 0.454 e. The number of sulfonamides is 1. The van der Waals surface area contributed by atoms with Gasteiger partial charge in [0.2, 0.25) is 6.79 Å². The van der Waals surface area contributed by atoms with Gasteiger partial charge in [-0.2, -0.15) is 0 Å². The van der Waals surface area contributed by atoms with Crippen molar-refractivity contribution in [1.82, 2.24) is 4.72 Å². The second kappa shape index (κ2) is 7.38.